The number of halogens is 1. The van der Waals surface area contributed by atoms with Crippen molar-refractivity contribution in [2.24, 2.45) is 0 Å². The lowest BCUT2D eigenvalue weighted by atomic mass is 10.3. The Morgan fingerprint density at radius 3 is 2.62 bits per heavy atom. The normalized spacial score (nSPS) is 40.9. The molecule has 1 saturated heterocycles. The minimum Gasteiger partial charge on any atom is -0.366 e. The molecule has 1 rings (SSSR count). The Morgan fingerprint density at radius 2 is 2.50 bits per heavy atom. The molecule has 1 N–H and O–H groups in total. The van der Waals surface area contributed by atoms with E-state index in [9.17, 15) is 0 Å². The van der Waals surface area contributed by atoms with E-state index >= 15 is 0 Å². The zero-order valence-corrected chi connectivity index (χ0v) is 6.70. The van der Waals surface area contributed by atoms with Crippen LogP contribution in [-0.2, 0) is 4.84 Å². The first-order chi connectivity index (χ1) is 3.70. The molecule has 0 aromatic rings. The van der Waals surface area contributed by atoms with Gasteiger partial charge in [0.25, 0.3) is 0 Å². The van der Waals surface area contributed by atoms with E-state index in [-0.39, 0.29) is 0 Å². The van der Waals surface area contributed by atoms with E-state index in [1.54, 1.807) is 3.28 Å². The Labute approximate surface area is 62.1 Å². The van der Waals surface area contributed by atoms with Gasteiger partial charge in [0.1, 0.15) is 0 Å². The van der Waals surface area contributed by atoms with E-state index < -0.39 is 6.29 Å². The minimum absolute atomic E-state index is 0.339. The molecule has 0 aromatic heterocycles. The van der Waals surface area contributed by atoms with Crippen LogP contribution < -0.4 is 0 Å². The van der Waals surface area contributed by atoms with Crippen LogP contribution in [0, 0.1) is 0 Å². The van der Waals surface area contributed by atoms with Gasteiger partial charge in [0, 0.05) is 35.3 Å². The highest BCUT2D eigenvalue weighted by molar-refractivity contribution is 14.1. The van der Waals surface area contributed by atoms with Gasteiger partial charge in [-0.25, -0.2) is 0 Å². The van der Waals surface area contributed by atoms with Crippen LogP contribution in [0.4, 0.5) is 0 Å². The van der Waals surface area contributed by atoms with E-state index in [2.05, 4.69) is 0 Å². The molecule has 1 fully saturated rings. The number of aliphatic hydroxyl groups is 1. The molecule has 0 radical (unpaired) electrons. The largest absolute Gasteiger partial charge is 0.366 e. The van der Waals surface area contributed by atoms with Crippen molar-refractivity contribution in [3.05, 3.63) is 0 Å². The number of hydrogen-bond donors (Lipinski definition) is 1. The number of nitrogens with zero attached hydrogens (tertiary/aromatic N) is 1. The zero-order valence-electron chi connectivity index (χ0n) is 4.54. The van der Waals surface area contributed by atoms with Crippen molar-refractivity contribution in [2.45, 2.75) is 25.7 Å². The number of aliphatic hydroxyl groups excluding tert-OH is 1. The predicted octanol–water partition coefficient (Wildman–Crippen LogP) is 0.681. The lowest BCUT2D eigenvalue weighted by molar-refractivity contribution is -0.154. The maximum absolute atomic E-state index is 8.80. The van der Waals surface area contributed by atoms with E-state index in [1.807, 2.05) is 29.8 Å². The fourth-order valence-electron chi connectivity index (χ4n) is 0.638. The second kappa shape index (κ2) is 2.47. The number of hydroxylamine groups is 1. The summed E-state index contributed by atoms with van der Waals surface area (Å²) in [5, 5.41) is 8.80. The highest BCUT2D eigenvalue weighted by Crippen LogP contribution is 2.21. The first kappa shape index (κ1) is 6.73. The summed E-state index contributed by atoms with van der Waals surface area (Å²) in [6.45, 7) is 2.00. The van der Waals surface area contributed by atoms with E-state index in [0.717, 1.165) is 0 Å². The van der Waals surface area contributed by atoms with Crippen molar-refractivity contribution in [1.82, 2.24) is 3.28 Å². The first-order valence-electron chi connectivity index (χ1n) is 2.50. The highest BCUT2D eigenvalue weighted by atomic mass is 127. The molecule has 0 aliphatic carbocycles. The summed E-state index contributed by atoms with van der Waals surface area (Å²) in [7, 11) is 0. The van der Waals surface area contributed by atoms with E-state index in [4.69, 9.17) is 9.94 Å². The van der Waals surface area contributed by atoms with Gasteiger partial charge >= 0.3 is 0 Å². The summed E-state index contributed by atoms with van der Waals surface area (Å²) >= 11 is 2.02. The molecular weight excluding hydrogens is 221 g/mol. The Balaban J connectivity index is 2.39. The monoisotopic (exact) mass is 229 g/mol. The molecule has 3 nitrogen and oxygen atoms in total. The van der Waals surface area contributed by atoms with Crippen LogP contribution in [0.1, 0.15) is 13.3 Å². The van der Waals surface area contributed by atoms with Crippen molar-refractivity contribution in [3.8, 4) is 0 Å². The van der Waals surface area contributed by atoms with Gasteiger partial charge in [-0.2, -0.15) is 0 Å². The van der Waals surface area contributed by atoms with Crippen molar-refractivity contribution in [2.75, 3.05) is 0 Å². The van der Waals surface area contributed by atoms with Gasteiger partial charge < -0.3 is 5.11 Å². The Kier molecular flexibility index (Phi) is 2.07. The third-order valence-corrected chi connectivity index (χ3v) is 2.29. The smallest absolute Gasteiger partial charge is 0.177 e. The zero-order chi connectivity index (χ0) is 6.15. The van der Waals surface area contributed by atoms with Crippen LogP contribution >= 0.6 is 22.9 Å². The van der Waals surface area contributed by atoms with Gasteiger partial charge in [0.15, 0.2) is 6.29 Å². The Bertz CT molecular complexity index is 80.1. The SMILES string of the molecule is CC1CC(O)ON1I. The maximum atomic E-state index is 8.80. The summed E-state index contributed by atoms with van der Waals surface area (Å²) in [4.78, 5) is 4.85. The van der Waals surface area contributed by atoms with Gasteiger partial charge in [-0.05, 0) is 6.92 Å². The third kappa shape index (κ3) is 1.31. The summed E-state index contributed by atoms with van der Waals surface area (Å²) in [6, 6.07) is 0.339. The topological polar surface area (TPSA) is 32.7 Å². The average molecular weight is 229 g/mol. The molecule has 0 amide bonds. The van der Waals surface area contributed by atoms with Gasteiger partial charge in [-0.15, -0.1) is 3.28 Å². The Morgan fingerprint density at radius 1 is 1.88 bits per heavy atom. The van der Waals surface area contributed by atoms with Crippen molar-refractivity contribution in [1.29, 1.82) is 0 Å². The van der Waals surface area contributed by atoms with Crippen LogP contribution in [0.2, 0.25) is 0 Å². The fraction of sp³-hybridized carbons (Fsp3) is 1.00. The molecule has 0 aromatic carbocycles. The van der Waals surface area contributed by atoms with Crippen LogP contribution in [0.5, 0.6) is 0 Å². The second-order valence-electron chi connectivity index (χ2n) is 1.92. The van der Waals surface area contributed by atoms with Gasteiger partial charge in [-0.3, -0.25) is 4.84 Å². The first-order valence-corrected chi connectivity index (χ1v) is 3.46. The molecule has 0 spiro atoms. The summed E-state index contributed by atoms with van der Waals surface area (Å²) in [6.07, 6.45) is 0.130. The lowest BCUT2D eigenvalue weighted by Gasteiger charge is -2.07. The molecule has 1 aliphatic rings. The molecule has 2 atom stereocenters. The van der Waals surface area contributed by atoms with Gasteiger partial charge in [-0.1, -0.05) is 0 Å². The maximum Gasteiger partial charge on any atom is 0.177 e. The summed E-state index contributed by atoms with van der Waals surface area (Å²) in [5.74, 6) is 0. The molecule has 1 heterocycles. The lowest BCUT2D eigenvalue weighted by Crippen LogP contribution is -2.12. The summed E-state index contributed by atoms with van der Waals surface area (Å²) in [5.41, 5.74) is 0. The van der Waals surface area contributed by atoms with Crippen LogP contribution in [0.25, 0.3) is 0 Å². The molecule has 0 bridgehead atoms. The van der Waals surface area contributed by atoms with E-state index in [1.165, 1.54) is 0 Å². The number of rotatable bonds is 0. The molecule has 4 heteroatoms. The molecule has 2 unspecified atom stereocenters. The standard InChI is InChI=1S/C4H8INO2/c1-3-2-4(7)8-6(3)5/h3-4,7H,2H2,1H3. The molecule has 0 saturated carbocycles. The minimum atomic E-state index is -0.582. The van der Waals surface area contributed by atoms with Gasteiger partial charge in [0.05, 0.1) is 0 Å². The second-order valence-corrected chi connectivity index (χ2v) is 2.87. The average Bonchev–Trinajstić information content (AvgIpc) is 1.85. The van der Waals surface area contributed by atoms with Crippen LogP contribution in [0.15, 0.2) is 0 Å². The van der Waals surface area contributed by atoms with Crippen molar-refractivity contribution < 1.29 is 9.94 Å². The number of hydrogen-bond acceptors (Lipinski definition) is 3. The summed E-state index contributed by atoms with van der Waals surface area (Å²) < 4.78 is 1.64. The highest BCUT2D eigenvalue weighted by Gasteiger charge is 2.26. The van der Waals surface area contributed by atoms with Crippen molar-refractivity contribution in [3.63, 3.8) is 0 Å². The molecule has 1 aliphatic heterocycles. The van der Waals surface area contributed by atoms with Crippen molar-refractivity contribution >= 4 is 22.9 Å². The van der Waals surface area contributed by atoms with Crippen LogP contribution in [0.3, 0.4) is 0 Å². The third-order valence-electron chi connectivity index (χ3n) is 1.11. The van der Waals surface area contributed by atoms with Gasteiger partial charge in [0.2, 0.25) is 0 Å². The van der Waals surface area contributed by atoms with E-state index in [0.29, 0.717) is 12.5 Å². The molecular formula is C4H8INO2. The predicted molar refractivity (Wildman–Crippen MR) is 37.0 cm³/mol. The molecule has 48 valence electrons. The Hall–Kier alpha value is 0.610. The quantitative estimate of drug-likeness (QED) is 0.489. The molecule has 8 heavy (non-hydrogen) atoms. The van der Waals surface area contributed by atoms with Crippen LogP contribution in [-0.4, -0.2) is 20.7 Å². The fourth-order valence-corrected chi connectivity index (χ4v) is 1.13.